The fraction of sp³-hybridized carbons (Fsp3) is 0.200. The number of carbonyl (C=O) groups is 1. The van der Waals surface area contributed by atoms with E-state index in [9.17, 15) is 15.2 Å². The minimum atomic E-state index is -0.927. The number of hydrogen-bond acceptors (Lipinski definition) is 3. The SMILES string of the molecule is Cc1ccc([C@H]2C[C@H](c3ccccc3C#N)Nc3ccc(C(=O)O)cc32)c(C)c1. The highest BCUT2D eigenvalue weighted by atomic mass is 16.4. The number of benzene rings is 3. The van der Waals surface area contributed by atoms with Crippen LogP contribution in [0.2, 0.25) is 0 Å². The van der Waals surface area contributed by atoms with Crippen LogP contribution in [0, 0.1) is 25.2 Å². The molecule has 0 fully saturated rings. The van der Waals surface area contributed by atoms with Gasteiger partial charge in [0.25, 0.3) is 0 Å². The zero-order valence-corrected chi connectivity index (χ0v) is 16.4. The Morgan fingerprint density at radius 3 is 2.55 bits per heavy atom. The van der Waals surface area contributed by atoms with Crippen LogP contribution in [0.4, 0.5) is 5.69 Å². The number of aryl methyl sites for hydroxylation is 2. The number of rotatable bonds is 3. The molecular formula is C25H22N2O2. The zero-order valence-electron chi connectivity index (χ0n) is 16.4. The second-order valence-electron chi connectivity index (χ2n) is 7.65. The number of aromatic carboxylic acids is 1. The predicted octanol–water partition coefficient (Wildman–Crippen LogP) is 5.56. The van der Waals surface area contributed by atoms with Crippen molar-refractivity contribution in [2.45, 2.75) is 32.2 Å². The van der Waals surface area contributed by atoms with Crippen LogP contribution in [0.5, 0.6) is 0 Å². The Morgan fingerprint density at radius 2 is 1.83 bits per heavy atom. The molecule has 1 heterocycles. The van der Waals surface area contributed by atoms with Gasteiger partial charge in [-0.1, -0.05) is 42.0 Å². The van der Waals surface area contributed by atoms with Crippen molar-refractivity contribution in [1.82, 2.24) is 0 Å². The number of fused-ring (bicyclic) bond motifs is 1. The van der Waals surface area contributed by atoms with E-state index < -0.39 is 5.97 Å². The summed E-state index contributed by atoms with van der Waals surface area (Å²) < 4.78 is 0. The van der Waals surface area contributed by atoms with Crippen LogP contribution in [0.25, 0.3) is 0 Å². The second kappa shape index (κ2) is 7.44. The third-order valence-electron chi connectivity index (χ3n) is 5.73. The molecule has 3 aromatic rings. The first kappa shape index (κ1) is 18.8. The lowest BCUT2D eigenvalue weighted by Crippen LogP contribution is -2.24. The van der Waals surface area contributed by atoms with Crippen molar-refractivity contribution < 1.29 is 9.90 Å². The van der Waals surface area contributed by atoms with Crippen LogP contribution >= 0.6 is 0 Å². The number of anilines is 1. The lowest BCUT2D eigenvalue weighted by atomic mass is 9.77. The van der Waals surface area contributed by atoms with Crippen molar-refractivity contribution in [3.63, 3.8) is 0 Å². The van der Waals surface area contributed by atoms with Gasteiger partial charge in [0.1, 0.15) is 0 Å². The molecule has 0 radical (unpaired) electrons. The van der Waals surface area contributed by atoms with Crippen LogP contribution in [0.15, 0.2) is 60.7 Å². The third-order valence-corrected chi connectivity index (χ3v) is 5.73. The van der Waals surface area contributed by atoms with E-state index in [1.54, 1.807) is 12.1 Å². The summed E-state index contributed by atoms with van der Waals surface area (Å²) in [5.74, 6) is -0.882. The smallest absolute Gasteiger partial charge is 0.335 e. The van der Waals surface area contributed by atoms with Gasteiger partial charge in [0.15, 0.2) is 0 Å². The largest absolute Gasteiger partial charge is 0.478 e. The molecule has 2 N–H and O–H groups in total. The van der Waals surface area contributed by atoms with Gasteiger partial charge in [-0.25, -0.2) is 4.79 Å². The fourth-order valence-corrected chi connectivity index (χ4v) is 4.34. The quantitative estimate of drug-likeness (QED) is 0.622. The van der Waals surface area contributed by atoms with Crippen molar-refractivity contribution in [3.05, 3.63) is 99.6 Å². The van der Waals surface area contributed by atoms with E-state index in [0.717, 1.165) is 23.2 Å². The molecule has 3 aromatic carbocycles. The van der Waals surface area contributed by atoms with Gasteiger partial charge < -0.3 is 10.4 Å². The Kier molecular flexibility index (Phi) is 4.82. The molecule has 0 bridgehead atoms. The Labute approximate surface area is 170 Å². The summed E-state index contributed by atoms with van der Waals surface area (Å²) in [6.45, 7) is 4.17. The molecule has 2 atom stereocenters. The molecule has 0 aliphatic carbocycles. The van der Waals surface area contributed by atoms with E-state index in [1.807, 2.05) is 30.3 Å². The molecule has 0 unspecified atom stereocenters. The summed E-state index contributed by atoms with van der Waals surface area (Å²) in [4.78, 5) is 11.6. The van der Waals surface area contributed by atoms with Gasteiger partial charge in [0.05, 0.1) is 23.2 Å². The Bertz CT molecular complexity index is 1140. The summed E-state index contributed by atoms with van der Waals surface area (Å²) in [5, 5.41) is 22.6. The van der Waals surface area contributed by atoms with Gasteiger partial charge in [-0.3, -0.25) is 0 Å². The Hall–Kier alpha value is -3.58. The molecular weight excluding hydrogens is 360 g/mol. The minimum Gasteiger partial charge on any atom is -0.478 e. The lowest BCUT2D eigenvalue weighted by molar-refractivity contribution is 0.0696. The minimum absolute atomic E-state index is 0.0280. The normalized spacial score (nSPS) is 17.7. The third kappa shape index (κ3) is 3.48. The van der Waals surface area contributed by atoms with Gasteiger partial charge in [0, 0.05) is 11.6 Å². The first-order valence-electron chi connectivity index (χ1n) is 9.68. The van der Waals surface area contributed by atoms with Gasteiger partial charge in [0.2, 0.25) is 0 Å². The number of nitrogens with one attached hydrogen (secondary N) is 1. The highest BCUT2D eigenvalue weighted by Crippen LogP contribution is 2.45. The van der Waals surface area contributed by atoms with Crippen LogP contribution in [0.1, 0.15) is 62.1 Å². The molecule has 0 aromatic heterocycles. The highest BCUT2D eigenvalue weighted by molar-refractivity contribution is 5.89. The first-order valence-corrected chi connectivity index (χ1v) is 9.68. The molecule has 29 heavy (non-hydrogen) atoms. The maximum atomic E-state index is 11.6. The van der Waals surface area contributed by atoms with Crippen LogP contribution in [-0.2, 0) is 0 Å². The van der Waals surface area contributed by atoms with E-state index in [1.165, 1.54) is 16.7 Å². The average Bonchev–Trinajstić information content (AvgIpc) is 2.72. The molecule has 1 aliphatic rings. The van der Waals surface area contributed by atoms with E-state index in [4.69, 9.17) is 0 Å². The van der Waals surface area contributed by atoms with Gasteiger partial charge in [-0.2, -0.15) is 5.26 Å². The number of carboxylic acids is 1. The number of hydrogen-bond donors (Lipinski definition) is 2. The lowest BCUT2D eigenvalue weighted by Gasteiger charge is -2.35. The first-order chi connectivity index (χ1) is 14.0. The van der Waals surface area contributed by atoms with Crippen molar-refractivity contribution in [3.8, 4) is 6.07 Å². The van der Waals surface area contributed by atoms with E-state index in [-0.39, 0.29) is 17.5 Å². The summed E-state index contributed by atoms with van der Waals surface area (Å²) in [5.41, 5.74) is 7.41. The molecule has 1 aliphatic heterocycles. The fourth-order valence-electron chi connectivity index (χ4n) is 4.34. The number of carboxylic acid groups (broad SMARTS) is 1. The van der Waals surface area contributed by atoms with Crippen LogP contribution in [-0.4, -0.2) is 11.1 Å². The Morgan fingerprint density at radius 1 is 1.03 bits per heavy atom. The topological polar surface area (TPSA) is 73.1 Å². The maximum absolute atomic E-state index is 11.6. The molecule has 144 valence electrons. The van der Waals surface area contributed by atoms with Crippen molar-refractivity contribution in [2.24, 2.45) is 0 Å². The van der Waals surface area contributed by atoms with E-state index in [2.05, 4.69) is 43.4 Å². The molecule has 0 spiro atoms. The molecule has 0 amide bonds. The van der Waals surface area contributed by atoms with Crippen molar-refractivity contribution >= 4 is 11.7 Å². The van der Waals surface area contributed by atoms with E-state index >= 15 is 0 Å². The monoisotopic (exact) mass is 382 g/mol. The molecule has 0 saturated carbocycles. The zero-order chi connectivity index (χ0) is 20.5. The molecule has 4 rings (SSSR count). The van der Waals surface area contributed by atoms with Crippen LogP contribution < -0.4 is 5.32 Å². The molecule has 0 saturated heterocycles. The summed E-state index contributed by atoms with van der Waals surface area (Å²) in [6.07, 6.45) is 0.749. The van der Waals surface area contributed by atoms with Crippen LogP contribution in [0.3, 0.4) is 0 Å². The van der Waals surface area contributed by atoms with Crippen molar-refractivity contribution in [1.29, 1.82) is 5.26 Å². The molecule has 4 heteroatoms. The Balaban J connectivity index is 1.87. The average molecular weight is 382 g/mol. The highest BCUT2D eigenvalue weighted by Gasteiger charge is 2.31. The van der Waals surface area contributed by atoms with Gasteiger partial charge in [-0.05, 0) is 66.8 Å². The summed E-state index contributed by atoms with van der Waals surface area (Å²) >= 11 is 0. The predicted molar refractivity (Wildman–Crippen MR) is 113 cm³/mol. The van der Waals surface area contributed by atoms with Gasteiger partial charge >= 0.3 is 5.97 Å². The summed E-state index contributed by atoms with van der Waals surface area (Å²) in [7, 11) is 0. The molecule has 4 nitrogen and oxygen atoms in total. The maximum Gasteiger partial charge on any atom is 0.335 e. The van der Waals surface area contributed by atoms with E-state index in [0.29, 0.717) is 5.56 Å². The standard InChI is InChI=1S/C25H22N2O2/c1-15-7-9-19(16(2)11-15)21-13-24(20-6-4-3-5-18(20)14-26)27-23-10-8-17(25(28)29)12-22(21)23/h3-12,21,24,27H,13H2,1-2H3,(H,28,29)/t21-,24-/m1/s1. The number of nitriles is 1. The van der Waals surface area contributed by atoms with Crippen molar-refractivity contribution in [2.75, 3.05) is 5.32 Å². The second-order valence-corrected chi connectivity index (χ2v) is 7.65. The summed E-state index contributed by atoms with van der Waals surface area (Å²) in [6, 6.07) is 21.6. The van der Waals surface area contributed by atoms with Gasteiger partial charge in [-0.15, -0.1) is 0 Å². The number of nitrogens with zero attached hydrogens (tertiary/aromatic N) is 1.